The molecule has 0 radical (unpaired) electrons. The molecule has 10 rings (SSSR count). The van der Waals surface area contributed by atoms with Crippen molar-refractivity contribution in [3.63, 3.8) is 0 Å². The molecule has 0 bridgehead atoms. The van der Waals surface area contributed by atoms with Crippen molar-refractivity contribution < 1.29 is 14.7 Å². The maximum absolute atomic E-state index is 12.9. The topological polar surface area (TPSA) is 76.4 Å². The first-order valence-corrected chi connectivity index (χ1v) is 22.5. The Morgan fingerprint density at radius 2 is 1.08 bits per heavy atom. The normalized spacial score (nSPS) is 15.9. The van der Waals surface area contributed by atoms with Gasteiger partial charge in [-0.05, 0) is 122 Å². The van der Waals surface area contributed by atoms with Crippen LogP contribution in [0.1, 0.15) is 61.1 Å². The molecular formula is C55H44N4O3S2. The summed E-state index contributed by atoms with van der Waals surface area (Å²) >= 11 is 6.38. The van der Waals surface area contributed by atoms with Gasteiger partial charge in [-0.15, -0.1) is 0 Å². The number of benzene rings is 7. The smallest absolute Gasteiger partial charge is 0.323 e. The van der Waals surface area contributed by atoms with Gasteiger partial charge in [-0.25, -0.2) is 5.01 Å². The number of amides is 1. The highest BCUT2D eigenvalue weighted by Gasteiger charge is 2.38. The summed E-state index contributed by atoms with van der Waals surface area (Å²) in [5.74, 6) is -1.52. The van der Waals surface area contributed by atoms with Crippen LogP contribution in [-0.4, -0.2) is 39.0 Å². The number of rotatable bonds is 10. The molecule has 1 amide bonds. The van der Waals surface area contributed by atoms with Crippen LogP contribution in [-0.2, 0) is 20.4 Å². The number of hydrazone groups is 1. The molecule has 9 heteroatoms. The number of hydrogen-bond acceptors (Lipinski definition) is 7. The Morgan fingerprint density at radius 1 is 0.609 bits per heavy atom. The van der Waals surface area contributed by atoms with E-state index in [9.17, 15) is 14.7 Å². The number of nitrogens with zero attached hydrogens (tertiary/aromatic N) is 4. The van der Waals surface area contributed by atoms with Gasteiger partial charge in [0.1, 0.15) is 10.9 Å². The first-order valence-electron chi connectivity index (χ1n) is 21.2. The lowest BCUT2D eigenvalue weighted by Gasteiger charge is -2.29. The summed E-state index contributed by atoms with van der Waals surface area (Å²) in [5.41, 5.74) is 16.9. The van der Waals surface area contributed by atoms with Crippen LogP contribution in [0.2, 0.25) is 0 Å². The van der Waals surface area contributed by atoms with Crippen molar-refractivity contribution >= 4 is 80.9 Å². The zero-order valence-electron chi connectivity index (χ0n) is 35.8. The molecule has 7 aromatic carbocycles. The number of carboxylic acid groups (broad SMARTS) is 1. The van der Waals surface area contributed by atoms with Crippen molar-refractivity contribution in [1.82, 2.24) is 4.90 Å². The average Bonchev–Trinajstić information content (AvgIpc) is 3.80. The summed E-state index contributed by atoms with van der Waals surface area (Å²) in [6, 6.07) is 57.6. The summed E-state index contributed by atoms with van der Waals surface area (Å²) in [5, 5.41) is 16.1. The van der Waals surface area contributed by atoms with E-state index < -0.39 is 18.4 Å². The fourth-order valence-corrected chi connectivity index (χ4v) is 10.7. The second-order valence-corrected chi connectivity index (χ2v) is 19.0. The molecule has 2 aliphatic carbocycles. The Labute approximate surface area is 383 Å². The van der Waals surface area contributed by atoms with E-state index in [1.807, 2.05) is 65.8 Å². The number of carbonyl (C=O) groups excluding carboxylic acids is 1. The third kappa shape index (κ3) is 7.11. The molecule has 0 saturated carbocycles. The van der Waals surface area contributed by atoms with Gasteiger partial charge in [0.25, 0.3) is 5.91 Å². The van der Waals surface area contributed by atoms with Gasteiger partial charge in [-0.3, -0.25) is 14.5 Å². The average molecular weight is 873 g/mol. The molecule has 1 saturated heterocycles. The van der Waals surface area contributed by atoms with Crippen LogP contribution in [0.25, 0.3) is 28.3 Å². The third-order valence-electron chi connectivity index (χ3n) is 12.7. The largest absolute Gasteiger partial charge is 0.480 e. The van der Waals surface area contributed by atoms with Gasteiger partial charge in [0, 0.05) is 27.9 Å². The van der Waals surface area contributed by atoms with Crippen molar-refractivity contribution in [1.29, 1.82) is 0 Å². The summed E-state index contributed by atoms with van der Waals surface area (Å²) in [6.45, 7) is 8.84. The second kappa shape index (κ2) is 15.9. The minimum atomic E-state index is -1.11. The number of carboxylic acids is 1. The van der Waals surface area contributed by atoms with Gasteiger partial charge in [-0.1, -0.05) is 155 Å². The summed E-state index contributed by atoms with van der Waals surface area (Å²) in [6.07, 6.45) is 3.60. The number of anilines is 5. The van der Waals surface area contributed by atoms with Crippen molar-refractivity contribution in [2.45, 2.75) is 38.5 Å². The van der Waals surface area contributed by atoms with E-state index in [0.29, 0.717) is 4.91 Å². The van der Waals surface area contributed by atoms with Gasteiger partial charge in [0.05, 0.1) is 22.5 Å². The molecule has 1 aliphatic heterocycles. The molecule has 0 spiro atoms. The van der Waals surface area contributed by atoms with Gasteiger partial charge in [0.15, 0.2) is 0 Å². The Kier molecular flexibility index (Phi) is 10.2. The number of thioether (sulfide) groups is 1. The fraction of sp³-hybridized carbons (Fsp3) is 0.127. The summed E-state index contributed by atoms with van der Waals surface area (Å²) in [4.78, 5) is 28.0. The molecule has 1 N–H and O–H groups in total. The number of carbonyl (C=O) groups is 2. The predicted molar refractivity (Wildman–Crippen MR) is 266 cm³/mol. The molecule has 1 heterocycles. The van der Waals surface area contributed by atoms with E-state index in [0.717, 1.165) is 56.2 Å². The Bertz CT molecular complexity index is 2980. The van der Waals surface area contributed by atoms with Crippen LogP contribution in [0.5, 0.6) is 0 Å². The van der Waals surface area contributed by atoms with E-state index >= 15 is 0 Å². The number of thiocarbonyl (C=S) groups is 1. The Balaban J connectivity index is 0.986. The van der Waals surface area contributed by atoms with Crippen molar-refractivity contribution in [2.24, 2.45) is 5.10 Å². The molecule has 3 aliphatic rings. The highest BCUT2D eigenvalue weighted by atomic mass is 32.2. The van der Waals surface area contributed by atoms with E-state index in [2.05, 4.69) is 142 Å². The minimum Gasteiger partial charge on any atom is -0.480 e. The zero-order chi connectivity index (χ0) is 44.3. The van der Waals surface area contributed by atoms with Gasteiger partial charge >= 0.3 is 5.97 Å². The molecule has 0 aromatic heterocycles. The first-order chi connectivity index (χ1) is 30.9. The highest BCUT2D eigenvalue weighted by molar-refractivity contribution is 8.26. The SMILES string of the molecule is CC1(C)c2ccccc2-c2ccc(N(c3ccc(/C=N/N(c4ccccc4)c4ccc(/C=C5/SC(=S)N(CC(=O)O)C5=O)cc4)cc3)c3ccc4c(c3)C(C)(C)c3ccccc3-4)cc21. The molecule has 7 aromatic rings. The molecule has 1 fully saturated rings. The third-order valence-corrected chi connectivity index (χ3v) is 14.1. The van der Waals surface area contributed by atoms with Crippen molar-refractivity contribution in [3.8, 4) is 22.3 Å². The quantitative estimate of drug-likeness (QED) is 0.0635. The molecule has 7 nitrogen and oxygen atoms in total. The lowest BCUT2D eigenvalue weighted by molar-refractivity contribution is -0.140. The van der Waals surface area contributed by atoms with E-state index in [-0.39, 0.29) is 15.2 Å². The van der Waals surface area contributed by atoms with Gasteiger partial charge in [0.2, 0.25) is 0 Å². The monoisotopic (exact) mass is 872 g/mol. The van der Waals surface area contributed by atoms with Crippen LogP contribution in [0, 0.1) is 0 Å². The maximum atomic E-state index is 12.9. The lowest BCUT2D eigenvalue weighted by Crippen LogP contribution is -2.33. The maximum Gasteiger partial charge on any atom is 0.323 e. The van der Waals surface area contributed by atoms with Crippen molar-refractivity contribution in [3.05, 3.63) is 202 Å². The molecule has 64 heavy (non-hydrogen) atoms. The van der Waals surface area contributed by atoms with Crippen LogP contribution in [0.3, 0.4) is 0 Å². The number of fused-ring (bicyclic) bond motifs is 6. The van der Waals surface area contributed by atoms with Crippen LogP contribution < -0.4 is 9.91 Å². The zero-order valence-corrected chi connectivity index (χ0v) is 37.5. The molecule has 0 atom stereocenters. The fourth-order valence-electron chi connectivity index (χ4n) is 9.43. The summed E-state index contributed by atoms with van der Waals surface area (Å²) in [7, 11) is 0. The Morgan fingerprint density at radius 3 is 1.64 bits per heavy atom. The van der Waals surface area contributed by atoms with Gasteiger partial charge in [-0.2, -0.15) is 5.10 Å². The summed E-state index contributed by atoms with van der Waals surface area (Å²) < 4.78 is 0.234. The van der Waals surface area contributed by atoms with Crippen LogP contribution in [0.15, 0.2) is 174 Å². The lowest BCUT2D eigenvalue weighted by atomic mass is 9.82. The van der Waals surface area contributed by atoms with Crippen LogP contribution in [0.4, 0.5) is 28.4 Å². The molecule has 0 unspecified atom stereocenters. The highest BCUT2D eigenvalue weighted by Crippen LogP contribution is 2.53. The Hall–Kier alpha value is -7.07. The number of aliphatic carboxylic acids is 1. The van der Waals surface area contributed by atoms with Crippen molar-refractivity contribution in [2.75, 3.05) is 16.5 Å². The number of para-hydroxylation sites is 1. The number of hydrogen-bond donors (Lipinski definition) is 1. The second-order valence-electron chi connectivity index (χ2n) is 17.4. The predicted octanol–water partition coefficient (Wildman–Crippen LogP) is 13.2. The van der Waals surface area contributed by atoms with E-state index in [1.54, 1.807) is 6.08 Å². The van der Waals surface area contributed by atoms with Gasteiger partial charge < -0.3 is 10.0 Å². The molecule has 314 valence electrons. The van der Waals surface area contributed by atoms with E-state index in [4.69, 9.17) is 17.3 Å². The van der Waals surface area contributed by atoms with Crippen LogP contribution >= 0.6 is 24.0 Å². The van der Waals surface area contributed by atoms with E-state index in [1.165, 1.54) is 44.5 Å². The molecular weight excluding hydrogens is 829 g/mol. The minimum absolute atomic E-state index is 0.148. The first kappa shape index (κ1) is 41.0. The standard InChI is InChI=1S/C55H44N4O3S2/c1-54(2)46-16-10-8-14-42(46)44-28-26-40(31-48(44)54)58(41-27-29-45-43-15-9-11-17-47(43)55(3,4)49(45)32-41)37-22-20-36(21-23-37)33-56-59(38-12-6-5-7-13-38)39-24-18-35(19-25-39)30-50-52(62)57(34-51(60)61)53(63)64-50/h5-33H,34H2,1-4H3,(H,60,61)/b50-30+,56-33+.